The Labute approximate surface area is 148 Å². The summed E-state index contributed by atoms with van der Waals surface area (Å²) in [7, 11) is 0. The molecule has 1 fully saturated rings. The van der Waals surface area contributed by atoms with E-state index in [1.165, 1.54) is 18.4 Å². The molecule has 1 aromatic heterocycles. The average Bonchev–Trinajstić information content (AvgIpc) is 3.12. The van der Waals surface area contributed by atoms with E-state index in [1.807, 2.05) is 0 Å². The minimum atomic E-state index is -0.178. The molecule has 1 saturated heterocycles. The summed E-state index contributed by atoms with van der Waals surface area (Å²) in [4.78, 5) is 14.5. The normalized spacial score (nSPS) is 16.0. The summed E-state index contributed by atoms with van der Waals surface area (Å²) in [5.74, 6) is 0.479. The van der Waals surface area contributed by atoms with Crippen LogP contribution in [-0.4, -0.2) is 58.5 Å². The number of benzene rings is 1. The number of carbonyl (C=O) groups is 1. The molecule has 0 atom stereocenters. The van der Waals surface area contributed by atoms with Crippen LogP contribution in [-0.2, 0) is 6.54 Å². The molecular weight excluding hydrogens is 316 g/mol. The molecule has 0 unspecified atom stereocenters. The first kappa shape index (κ1) is 17.6. The summed E-state index contributed by atoms with van der Waals surface area (Å²) in [5.41, 5.74) is 7.25. The minimum Gasteiger partial charge on any atom is -0.349 e. The molecule has 1 aliphatic heterocycles. The van der Waals surface area contributed by atoms with Crippen molar-refractivity contribution < 1.29 is 4.79 Å². The van der Waals surface area contributed by atoms with Gasteiger partial charge < -0.3 is 16.0 Å². The molecular formula is C18H26N6O. The third-order valence-corrected chi connectivity index (χ3v) is 4.70. The number of aromatic nitrogens is 3. The molecule has 0 bridgehead atoms. The lowest BCUT2D eigenvalue weighted by atomic mass is 9.89. The van der Waals surface area contributed by atoms with Gasteiger partial charge in [-0.05, 0) is 37.4 Å². The van der Waals surface area contributed by atoms with Gasteiger partial charge in [0.1, 0.15) is 0 Å². The van der Waals surface area contributed by atoms with E-state index < -0.39 is 0 Å². The van der Waals surface area contributed by atoms with E-state index in [9.17, 15) is 4.79 Å². The lowest BCUT2D eigenvalue weighted by molar-refractivity contribution is 0.0940. The summed E-state index contributed by atoms with van der Waals surface area (Å²) >= 11 is 0. The van der Waals surface area contributed by atoms with E-state index in [0.29, 0.717) is 31.2 Å². The van der Waals surface area contributed by atoms with Crippen LogP contribution in [0.3, 0.4) is 0 Å². The van der Waals surface area contributed by atoms with Gasteiger partial charge in [0.15, 0.2) is 5.69 Å². The monoisotopic (exact) mass is 342 g/mol. The van der Waals surface area contributed by atoms with E-state index >= 15 is 0 Å². The van der Waals surface area contributed by atoms with Gasteiger partial charge in [0.05, 0.1) is 12.7 Å². The summed E-state index contributed by atoms with van der Waals surface area (Å²) in [5, 5.41) is 10.7. The molecule has 2 aromatic rings. The van der Waals surface area contributed by atoms with Crippen LogP contribution >= 0.6 is 0 Å². The van der Waals surface area contributed by atoms with Crippen molar-refractivity contribution in [3.63, 3.8) is 0 Å². The largest absolute Gasteiger partial charge is 0.349 e. The van der Waals surface area contributed by atoms with Crippen LogP contribution in [0.5, 0.6) is 0 Å². The van der Waals surface area contributed by atoms with Crippen molar-refractivity contribution in [3.8, 4) is 0 Å². The van der Waals surface area contributed by atoms with Gasteiger partial charge in [-0.1, -0.05) is 35.5 Å². The molecule has 3 rings (SSSR count). The van der Waals surface area contributed by atoms with Gasteiger partial charge in [0.25, 0.3) is 5.91 Å². The van der Waals surface area contributed by atoms with Crippen molar-refractivity contribution in [3.05, 3.63) is 47.8 Å². The zero-order chi connectivity index (χ0) is 17.5. The van der Waals surface area contributed by atoms with Crippen LogP contribution < -0.4 is 11.1 Å². The number of rotatable bonds is 7. The second-order valence-corrected chi connectivity index (χ2v) is 6.44. The topological polar surface area (TPSA) is 89.1 Å². The van der Waals surface area contributed by atoms with Crippen molar-refractivity contribution in [2.24, 2.45) is 5.73 Å². The number of nitrogens with two attached hydrogens (primary N) is 1. The van der Waals surface area contributed by atoms with E-state index in [1.54, 1.807) is 10.9 Å². The molecule has 0 spiro atoms. The molecule has 7 heteroatoms. The van der Waals surface area contributed by atoms with Crippen molar-refractivity contribution >= 4 is 5.91 Å². The van der Waals surface area contributed by atoms with E-state index in [4.69, 9.17) is 5.73 Å². The number of hydrogen-bond acceptors (Lipinski definition) is 5. The first-order valence-corrected chi connectivity index (χ1v) is 8.92. The Morgan fingerprint density at radius 1 is 1.20 bits per heavy atom. The predicted molar refractivity (Wildman–Crippen MR) is 96.3 cm³/mol. The van der Waals surface area contributed by atoms with Gasteiger partial charge in [0.2, 0.25) is 0 Å². The van der Waals surface area contributed by atoms with Gasteiger partial charge in [-0.2, -0.15) is 0 Å². The summed E-state index contributed by atoms with van der Waals surface area (Å²) in [6, 6.07) is 10.7. The molecule has 2 heterocycles. The van der Waals surface area contributed by atoms with Gasteiger partial charge in [0, 0.05) is 19.6 Å². The molecule has 7 nitrogen and oxygen atoms in total. The van der Waals surface area contributed by atoms with Crippen LogP contribution in [0.4, 0.5) is 0 Å². The average molecular weight is 342 g/mol. The zero-order valence-electron chi connectivity index (χ0n) is 14.5. The van der Waals surface area contributed by atoms with Gasteiger partial charge in [-0.3, -0.25) is 9.48 Å². The van der Waals surface area contributed by atoms with Crippen LogP contribution in [0.2, 0.25) is 0 Å². The molecule has 3 N–H and O–H groups in total. The molecule has 0 saturated carbocycles. The Morgan fingerprint density at radius 3 is 2.68 bits per heavy atom. The quantitative estimate of drug-likeness (QED) is 0.778. The van der Waals surface area contributed by atoms with Crippen LogP contribution in [0.1, 0.15) is 34.8 Å². The van der Waals surface area contributed by atoms with E-state index in [0.717, 1.165) is 19.6 Å². The Kier molecular flexibility index (Phi) is 6.14. The second-order valence-electron chi connectivity index (χ2n) is 6.44. The molecule has 1 aliphatic rings. The molecule has 1 aromatic carbocycles. The summed E-state index contributed by atoms with van der Waals surface area (Å²) in [6.45, 7) is 4.67. The van der Waals surface area contributed by atoms with Gasteiger partial charge in [-0.15, -0.1) is 5.10 Å². The minimum absolute atomic E-state index is 0.178. The number of carbonyl (C=O) groups excluding carboxylic acids is 1. The number of nitrogens with one attached hydrogen (secondary N) is 1. The fourth-order valence-corrected chi connectivity index (χ4v) is 3.28. The van der Waals surface area contributed by atoms with Crippen molar-refractivity contribution in [1.29, 1.82) is 0 Å². The highest BCUT2D eigenvalue weighted by Crippen LogP contribution is 2.27. The third kappa shape index (κ3) is 4.87. The Balaban J connectivity index is 1.37. The summed E-state index contributed by atoms with van der Waals surface area (Å²) < 4.78 is 1.59. The Morgan fingerprint density at radius 2 is 1.96 bits per heavy atom. The number of amides is 1. The lowest BCUT2D eigenvalue weighted by Gasteiger charge is -2.32. The maximum Gasteiger partial charge on any atom is 0.273 e. The van der Waals surface area contributed by atoms with E-state index in [-0.39, 0.29) is 5.91 Å². The molecule has 0 radical (unpaired) electrons. The van der Waals surface area contributed by atoms with Gasteiger partial charge >= 0.3 is 0 Å². The maximum atomic E-state index is 12.1. The third-order valence-electron chi connectivity index (χ3n) is 4.70. The summed E-state index contributed by atoms with van der Waals surface area (Å²) in [6.07, 6.45) is 3.98. The molecule has 25 heavy (non-hydrogen) atoms. The number of piperidine rings is 1. The highest BCUT2D eigenvalue weighted by atomic mass is 16.2. The fourth-order valence-electron chi connectivity index (χ4n) is 3.28. The van der Waals surface area contributed by atoms with Crippen molar-refractivity contribution in [2.45, 2.75) is 25.3 Å². The number of hydrogen-bond donors (Lipinski definition) is 2. The van der Waals surface area contributed by atoms with Crippen molar-refractivity contribution in [1.82, 2.24) is 25.2 Å². The standard InChI is InChI=1S/C18H26N6O/c19-8-12-24-14-17(21-22-24)18(25)20-9-13-23-10-6-16(7-11-23)15-4-2-1-3-5-15/h1-5,14,16H,6-13,19H2,(H,20,25). The number of likely N-dealkylation sites (tertiary alicyclic amines) is 1. The highest BCUT2D eigenvalue weighted by Gasteiger charge is 2.20. The Bertz CT molecular complexity index is 663. The van der Waals surface area contributed by atoms with Crippen LogP contribution in [0.15, 0.2) is 36.5 Å². The SMILES string of the molecule is NCCn1cc(C(=O)NCCN2CCC(c3ccccc3)CC2)nn1. The Hall–Kier alpha value is -2.25. The maximum absolute atomic E-state index is 12.1. The molecule has 134 valence electrons. The van der Waals surface area contributed by atoms with Crippen LogP contribution in [0.25, 0.3) is 0 Å². The van der Waals surface area contributed by atoms with Crippen LogP contribution in [0, 0.1) is 0 Å². The smallest absolute Gasteiger partial charge is 0.273 e. The lowest BCUT2D eigenvalue weighted by Crippen LogP contribution is -2.39. The first-order valence-electron chi connectivity index (χ1n) is 8.92. The van der Waals surface area contributed by atoms with Crippen molar-refractivity contribution in [2.75, 3.05) is 32.7 Å². The second kappa shape index (κ2) is 8.73. The predicted octanol–water partition coefficient (Wildman–Crippen LogP) is 0.846. The van der Waals surface area contributed by atoms with Gasteiger partial charge in [-0.25, -0.2) is 0 Å². The number of nitrogens with zero attached hydrogens (tertiary/aromatic N) is 4. The van der Waals surface area contributed by atoms with E-state index in [2.05, 4.69) is 50.9 Å². The first-order chi connectivity index (χ1) is 12.3. The highest BCUT2D eigenvalue weighted by molar-refractivity contribution is 5.91. The molecule has 1 amide bonds. The fraction of sp³-hybridized carbons (Fsp3) is 0.500. The molecule has 0 aliphatic carbocycles. The zero-order valence-corrected chi connectivity index (χ0v) is 14.5.